The molecule has 42 heavy (non-hydrogen) atoms. The minimum atomic E-state index is -2.03. The van der Waals surface area contributed by atoms with Crippen molar-refractivity contribution in [3.05, 3.63) is 95.1 Å². The minimum absolute atomic E-state index is 0.00751. The highest BCUT2D eigenvalue weighted by atomic mass is 35.6. The maximum Gasteiger partial charge on any atom is 0.272 e. The number of halogens is 3. The van der Waals surface area contributed by atoms with E-state index in [2.05, 4.69) is 10.2 Å². The third kappa shape index (κ3) is 7.65. The Morgan fingerprint density at radius 2 is 1.67 bits per heavy atom. The zero-order chi connectivity index (χ0) is 29.7. The van der Waals surface area contributed by atoms with E-state index in [1.807, 2.05) is 72.8 Å². The topological polar surface area (TPSA) is 91.3 Å². The van der Waals surface area contributed by atoms with E-state index in [0.29, 0.717) is 6.42 Å². The van der Waals surface area contributed by atoms with Crippen molar-refractivity contribution in [2.75, 3.05) is 19.7 Å². The molecule has 0 aromatic heterocycles. The van der Waals surface area contributed by atoms with Gasteiger partial charge in [-0.3, -0.25) is 9.69 Å². The molecule has 0 saturated carbocycles. The van der Waals surface area contributed by atoms with Gasteiger partial charge in [0.2, 0.25) is 0 Å². The third-order valence-electron chi connectivity index (χ3n) is 7.97. The predicted octanol–water partition coefficient (Wildman–Crippen LogP) is 5.83. The first-order valence-corrected chi connectivity index (χ1v) is 15.3. The molecule has 2 saturated heterocycles. The molecule has 0 spiro atoms. The van der Waals surface area contributed by atoms with Crippen LogP contribution < -0.4 is 5.32 Å². The van der Waals surface area contributed by atoms with Gasteiger partial charge in [0.15, 0.2) is 6.29 Å². The van der Waals surface area contributed by atoms with E-state index in [0.717, 1.165) is 59.3 Å². The number of aliphatic hydroxyl groups is 2. The van der Waals surface area contributed by atoms with E-state index in [9.17, 15) is 15.0 Å². The molecule has 3 aromatic rings. The average Bonchev–Trinajstić information content (AvgIpc) is 3.46. The van der Waals surface area contributed by atoms with E-state index in [1.54, 1.807) is 0 Å². The van der Waals surface area contributed by atoms with E-state index < -0.39 is 16.0 Å². The fraction of sp³-hybridized carbons (Fsp3) is 0.406. The monoisotopic (exact) mass is 632 g/mol. The Labute approximate surface area is 261 Å². The normalized spacial score (nSPS) is 23.2. The lowest BCUT2D eigenvalue weighted by atomic mass is 9.97. The Morgan fingerprint density at radius 1 is 0.952 bits per heavy atom. The molecule has 4 unspecified atom stereocenters. The molecule has 3 N–H and O–H groups in total. The fourth-order valence-electron chi connectivity index (χ4n) is 5.69. The van der Waals surface area contributed by atoms with Crippen LogP contribution in [0.5, 0.6) is 0 Å². The molecule has 1 amide bonds. The summed E-state index contributed by atoms with van der Waals surface area (Å²) in [6.07, 6.45) is 1.91. The Hall–Kier alpha value is -2.20. The zero-order valence-electron chi connectivity index (χ0n) is 23.1. The summed E-state index contributed by atoms with van der Waals surface area (Å²) >= 11 is 17.1. The largest absolute Gasteiger partial charge is 0.395 e. The second kappa shape index (κ2) is 14.1. The van der Waals surface area contributed by atoms with Crippen LogP contribution in [0.15, 0.2) is 72.8 Å². The Morgan fingerprint density at radius 3 is 2.36 bits per heavy atom. The summed E-state index contributed by atoms with van der Waals surface area (Å²) in [6.45, 7) is 2.02. The highest BCUT2D eigenvalue weighted by Gasteiger charge is 2.35. The van der Waals surface area contributed by atoms with Crippen LogP contribution in [0.25, 0.3) is 11.1 Å². The van der Waals surface area contributed by atoms with Crippen molar-refractivity contribution in [3.63, 3.8) is 0 Å². The molecule has 0 bridgehead atoms. The number of rotatable bonds is 9. The second-order valence-electron chi connectivity index (χ2n) is 10.8. The van der Waals surface area contributed by atoms with Gasteiger partial charge in [0.25, 0.3) is 9.70 Å². The van der Waals surface area contributed by atoms with Gasteiger partial charge >= 0.3 is 0 Å². The number of aliphatic hydroxyl groups excluding tert-OH is 2. The van der Waals surface area contributed by atoms with Gasteiger partial charge in [-0.05, 0) is 47.2 Å². The predicted molar refractivity (Wildman–Crippen MR) is 164 cm³/mol. The second-order valence-corrected chi connectivity index (χ2v) is 13.1. The minimum Gasteiger partial charge on any atom is -0.395 e. The highest BCUT2D eigenvalue weighted by molar-refractivity contribution is 6.76. The van der Waals surface area contributed by atoms with Crippen molar-refractivity contribution in [3.8, 4) is 11.1 Å². The molecule has 4 atom stereocenters. The summed E-state index contributed by atoms with van der Waals surface area (Å²) in [5.41, 5.74) is 5.57. The zero-order valence-corrected chi connectivity index (χ0v) is 25.4. The van der Waals surface area contributed by atoms with Crippen LogP contribution in [-0.2, 0) is 27.4 Å². The smallest absolute Gasteiger partial charge is 0.272 e. The summed E-state index contributed by atoms with van der Waals surface area (Å²) in [4.78, 5) is 14.4. The van der Waals surface area contributed by atoms with Crippen LogP contribution in [0.3, 0.4) is 0 Å². The van der Waals surface area contributed by atoms with Crippen molar-refractivity contribution in [1.29, 1.82) is 0 Å². The molecule has 10 heteroatoms. The average molecular weight is 634 g/mol. The number of ether oxygens (including phenoxy) is 2. The SMILES string of the molecule is O=C(NCc1ccccc1-c1ccc(C2OC(CN3CCCC3CO)CC(c3ccc(CO)cc3)O2)cc1)C(Cl)(Cl)Cl. The van der Waals surface area contributed by atoms with Crippen molar-refractivity contribution < 1.29 is 24.5 Å². The van der Waals surface area contributed by atoms with Gasteiger partial charge in [-0.2, -0.15) is 0 Å². The van der Waals surface area contributed by atoms with Gasteiger partial charge in [0.1, 0.15) is 0 Å². The number of hydrogen-bond donors (Lipinski definition) is 3. The summed E-state index contributed by atoms with van der Waals surface area (Å²) in [6, 6.07) is 23.8. The van der Waals surface area contributed by atoms with Gasteiger partial charge < -0.3 is 25.0 Å². The molecule has 7 nitrogen and oxygen atoms in total. The van der Waals surface area contributed by atoms with Crippen LogP contribution in [0.4, 0.5) is 0 Å². The van der Waals surface area contributed by atoms with E-state index in [-0.39, 0.29) is 38.0 Å². The first-order valence-electron chi connectivity index (χ1n) is 14.1. The molecule has 224 valence electrons. The highest BCUT2D eigenvalue weighted by Crippen LogP contribution is 2.39. The maximum atomic E-state index is 12.1. The molecule has 2 aliphatic heterocycles. The lowest BCUT2D eigenvalue weighted by Gasteiger charge is -2.38. The number of amides is 1. The molecular formula is C32H35Cl3N2O5. The standard InChI is InChI=1S/C32H35Cl3N2O5/c33-32(34,35)31(40)36-17-25-4-1-2-6-28(25)22-11-13-24(14-12-22)30-41-27(18-37-15-3-5-26(37)20-39)16-29(42-30)23-9-7-21(19-38)8-10-23/h1-2,4,6-14,26-27,29-30,38-39H,3,5,15-20H2,(H,36,40). The molecular weight excluding hydrogens is 599 g/mol. The molecule has 0 aliphatic carbocycles. The lowest BCUT2D eigenvalue weighted by Crippen LogP contribution is -2.42. The molecule has 5 rings (SSSR count). The molecule has 3 aromatic carbocycles. The fourth-order valence-corrected chi connectivity index (χ4v) is 5.89. The Kier molecular flexibility index (Phi) is 10.5. The van der Waals surface area contributed by atoms with Crippen LogP contribution in [0.2, 0.25) is 0 Å². The van der Waals surface area contributed by atoms with Crippen LogP contribution in [-0.4, -0.2) is 56.7 Å². The first-order chi connectivity index (χ1) is 20.2. The van der Waals surface area contributed by atoms with Crippen molar-refractivity contribution in [2.45, 2.75) is 60.7 Å². The molecule has 2 heterocycles. The van der Waals surface area contributed by atoms with Crippen molar-refractivity contribution in [1.82, 2.24) is 10.2 Å². The van der Waals surface area contributed by atoms with E-state index in [4.69, 9.17) is 44.3 Å². The molecule has 2 fully saturated rings. The van der Waals surface area contributed by atoms with Crippen LogP contribution in [0.1, 0.15) is 53.9 Å². The van der Waals surface area contributed by atoms with E-state index in [1.165, 1.54) is 0 Å². The lowest BCUT2D eigenvalue weighted by molar-refractivity contribution is -0.253. The number of benzene rings is 3. The van der Waals surface area contributed by atoms with E-state index >= 15 is 0 Å². The third-order valence-corrected chi connectivity index (χ3v) is 8.49. The van der Waals surface area contributed by atoms with Crippen molar-refractivity contribution in [2.24, 2.45) is 0 Å². The van der Waals surface area contributed by atoms with Gasteiger partial charge in [0, 0.05) is 31.1 Å². The first kappa shape index (κ1) is 31.2. The summed E-state index contributed by atoms with van der Waals surface area (Å²) < 4.78 is 11.0. The number of carbonyl (C=O) groups excluding carboxylic acids is 1. The van der Waals surface area contributed by atoms with Gasteiger partial charge in [-0.15, -0.1) is 0 Å². The summed E-state index contributed by atoms with van der Waals surface area (Å²) in [7, 11) is 0. The van der Waals surface area contributed by atoms with Crippen LogP contribution in [0, 0.1) is 0 Å². The number of carbonyl (C=O) groups is 1. The maximum absolute atomic E-state index is 12.1. The number of hydrogen-bond acceptors (Lipinski definition) is 6. The number of likely N-dealkylation sites (tertiary alicyclic amines) is 1. The number of alkyl halides is 3. The Balaban J connectivity index is 1.35. The van der Waals surface area contributed by atoms with Crippen molar-refractivity contribution >= 4 is 40.7 Å². The Bertz CT molecular complexity index is 1330. The number of nitrogens with one attached hydrogen (secondary N) is 1. The number of nitrogens with zero attached hydrogens (tertiary/aromatic N) is 1. The van der Waals surface area contributed by atoms with Gasteiger partial charge in [0.05, 0.1) is 25.4 Å². The summed E-state index contributed by atoms with van der Waals surface area (Å²) in [5.74, 6) is -0.682. The van der Waals surface area contributed by atoms with Crippen LogP contribution >= 0.6 is 34.8 Å². The van der Waals surface area contributed by atoms with Gasteiger partial charge in [-0.1, -0.05) is 108 Å². The van der Waals surface area contributed by atoms with Gasteiger partial charge in [-0.25, -0.2) is 0 Å². The quantitative estimate of drug-likeness (QED) is 0.257. The summed E-state index contributed by atoms with van der Waals surface area (Å²) in [5, 5.41) is 22.0. The molecule has 2 aliphatic rings. The molecule has 0 radical (unpaired) electrons.